The average molecular weight is 174 g/mol. The predicted octanol–water partition coefficient (Wildman–Crippen LogP) is 0.707. The first-order chi connectivity index (χ1) is 6.36. The van der Waals surface area contributed by atoms with Gasteiger partial charge in [-0.15, -0.1) is 0 Å². The van der Waals surface area contributed by atoms with E-state index in [9.17, 15) is 0 Å². The van der Waals surface area contributed by atoms with Crippen molar-refractivity contribution in [3.8, 4) is 0 Å². The number of hydrogen-bond donors (Lipinski definition) is 2. The van der Waals surface area contributed by atoms with E-state index < -0.39 is 0 Å². The zero-order valence-corrected chi connectivity index (χ0v) is 7.01. The van der Waals surface area contributed by atoms with E-state index in [1.165, 1.54) is 11.3 Å². The van der Waals surface area contributed by atoms with E-state index >= 15 is 0 Å². The summed E-state index contributed by atoms with van der Waals surface area (Å²) >= 11 is 0. The highest BCUT2D eigenvalue weighted by molar-refractivity contribution is 5.64. The van der Waals surface area contributed by atoms with Gasteiger partial charge in [0.15, 0.2) is 0 Å². The Morgan fingerprint density at radius 3 is 2.69 bits per heavy atom. The van der Waals surface area contributed by atoms with Crippen molar-refractivity contribution in [2.45, 2.75) is 0 Å². The van der Waals surface area contributed by atoms with E-state index in [1.54, 1.807) is 0 Å². The van der Waals surface area contributed by atoms with Crippen LogP contribution in [0.15, 0.2) is 41.3 Å². The maximum Gasteiger partial charge on any atom is 0.142 e. The number of benzene rings is 1. The second-order valence-corrected chi connectivity index (χ2v) is 2.70. The summed E-state index contributed by atoms with van der Waals surface area (Å²) in [6.07, 6.45) is 3.45. The van der Waals surface area contributed by atoms with Crippen LogP contribution in [-0.4, -0.2) is 11.3 Å². The molecule has 0 fully saturated rings. The van der Waals surface area contributed by atoms with Crippen molar-refractivity contribution in [2.24, 2.45) is 10.9 Å². The third-order valence-electron chi connectivity index (χ3n) is 1.74. The summed E-state index contributed by atoms with van der Waals surface area (Å²) in [6.45, 7) is 0. The van der Waals surface area contributed by atoms with Crippen LogP contribution in [-0.2, 0) is 0 Å². The number of hydrazone groups is 1. The van der Waals surface area contributed by atoms with Crippen LogP contribution in [0.1, 0.15) is 5.56 Å². The number of hydrazine groups is 1. The first-order valence-electron chi connectivity index (χ1n) is 3.96. The summed E-state index contributed by atoms with van der Waals surface area (Å²) < 4.78 is 0. The van der Waals surface area contributed by atoms with E-state index in [4.69, 9.17) is 5.84 Å². The van der Waals surface area contributed by atoms with Crippen LogP contribution in [0.4, 0.5) is 0 Å². The molecule has 4 nitrogen and oxygen atoms in total. The van der Waals surface area contributed by atoms with Gasteiger partial charge in [-0.05, 0) is 11.6 Å². The quantitative estimate of drug-likeness (QED) is 0.616. The first-order valence-corrected chi connectivity index (χ1v) is 3.96. The van der Waals surface area contributed by atoms with Gasteiger partial charge in [-0.1, -0.05) is 30.3 Å². The van der Waals surface area contributed by atoms with Crippen LogP contribution in [0.25, 0.3) is 6.08 Å². The van der Waals surface area contributed by atoms with E-state index in [-0.39, 0.29) is 0 Å². The second-order valence-electron chi connectivity index (χ2n) is 2.70. The number of rotatable bonds is 1. The molecule has 0 spiro atoms. The topological polar surface area (TPSA) is 53.6 Å². The Bertz CT molecular complexity index is 342. The fraction of sp³-hybridized carbons (Fsp3) is 0. The average Bonchev–Trinajstić information content (AvgIpc) is 2.54. The number of nitrogens with one attached hydrogen (secondary N) is 1. The molecule has 0 bridgehead atoms. The highest BCUT2D eigenvalue weighted by Gasteiger charge is 2.06. The van der Waals surface area contributed by atoms with E-state index in [0.29, 0.717) is 0 Å². The maximum absolute atomic E-state index is 5.58. The molecule has 0 aromatic heterocycles. The van der Waals surface area contributed by atoms with E-state index in [0.717, 1.165) is 11.4 Å². The molecule has 2 rings (SSSR count). The van der Waals surface area contributed by atoms with Crippen LogP contribution < -0.4 is 11.3 Å². The minimum absolute atomic E-state index is 0.770. The Kier molecular flexibility index (Phi) is 1.97. The van der Waals surface area contributed by atoms with Crippen molar-refractivity contribution >= 4 is 12.4 Å². The summed E-state index contributed by atoms with van der Waals surface area (Å²) in [7, 11) is 0. The highest BCUT2D eigenvalue weighted by Crippen LogP contribution is 2.07. The van der Waals surface area contributed by atoms with Gasteiger partial charge in [0.05, 0.1) is 0 Å². The first kappa shape index (κ1) is 7.82. The molecular formula is C9H10N4. The Hall–Kier alpha value is -1.81. The summed E-state index contributed by atoms with van der Waals surface area (Å²) in [5, 5.41) is 5.24. The van der Waals surface area contributed by atoms with Crippen molar-refractivity contribution in [1.29, 1.82) is 0 Å². The molecule has 1 aliphatic heterocycles. The van der Waals surface area contributed by atoms with Gasteiger partial charge in [0.25, 0.3) is 0 Å². The number of hydrogen-bond acceptors (Lipinski definition) is 4. The zero-order valence-electron chi connectivity index (χ0n) is 7.01. The summed E-state index contributed by atoms with van der Waals surface area (Å²) in [6, 6.07) is 9.93. The highest BCUT2D eigenvalue weighted by atomic mass is 15.6. The molecule has 1 aromatic carbocycles. The van der Waals surface area contributed by atoms with Gasteiger partial charge in [0, 0.05) is 0 Å². The lowest BCUT2D eigenvalue weighted by Crippen LogP contribution is -2.27. The molecule has 66 valence electrons. The smallest absolute Gasteiger partial charge is 0.142 e. The lowest BCUT2D eigenvalue weighted by Gasteiger charge is -2.07. The summed E-state index contributed by atoms with van der Waals surface area (Å²) in [5.41, 5.74) is 3.88. The van der Waals surface area contributed by atoms with Crippen molar-refractivity contribution < 1.29 is 0 Å². The fourth-order valence-electron chi connectivity index (χ4n) is 1.09. The Balaban J connectivity index is 2.22. The molecule has 0 saturated carbocycles. The summed E-state index contributed by atoms with van der Waals surface area (Å²) in [4.78, 5) is 0. The third-order valence-corrected chi connectivity index (χ3v) is 1.74. The zero-order chi connectivity index (χ0) is 9.10. The Morgan fingerprint density at radius 2 is 2.08 bits per heavy atom. The van der Waals surface area contributed by atoms with Gasteiger partial charge in [0.2, 0.25) is 0 Å². The van der Waals surface area contributed by atoms with Crippen LogP contribution in [0.2, 0.25) is 0 Å². The molecule has 0 radical (unpaired) electrons. The van der Waals surface area contributed by atoms with Crippen molar-refractivity contribution in [3.05, 3.63) is 41.7 Å². The minimum atomic E-state index is 0.770. The minimum Gasteiger partial charge on any atom is -0.260 e. The predicted molar refractivity (Wildman–Crippen MR) is 52.1 cm³/mol. The SMILES string of the molecule is NN1C=NNC1=Cc1ccccc1. The van der Waals surface area contributed by atoms with Crippen molar-refractivity contribution in [2.75, 3.05) is 0 Å². The van der Waals surface area contributed by atoms with Crippen molar-refractivity contribution in [3.63, 3.8) is 0 Å². The Labute approximate surface area is 76.3 Å². The number of nitrogens with zero attached hydrogens (tertiary/aromatic N) is 2. The molecule has 0 amide bonds. The molecule has 1 heterocycles. The van der Waals surface area contributed by atoms with Gasteiger partial charge in [-0.2, -0.15) is 5.10 Å². The largest absolute Gasteiger partial charge is 0.260 e. The van der Waals surface area contributed by atoms with Gasteiger partial charge in [-0.25, -0.2) is 10.9 Å². The number of nitrogens with two attached hydrogens (primary N) is 1. The van der Waals surface area contributed by atoms with Crippen molar-refractivity contribution in [1.82, 2.24) is 10.4 Å². The maximum atomic E-state index is 5.58. The molecule has 0 atom stereocenters. The Morgan fingerprint density at radius 1 is 1.31 bits per heavy atom. The van der Waals surface area contributed by atoms with Gasteiger partial charge in [0.1, 0.15) is 12.2 Å². The molecule has 0 saturated heterocycles. The fourth-order valence-corrected chi connectivity index (χ4v) is 1.09. The third kappa shape index (κ3) is 1.68. The molecule has 3 N–H and O–H groups in total. The second kappa shape index (κ2) is 3.28. The lowest BCUT2D eigenvalue weighted by molar-refractivity contribution is 0.556. The molecule has 1 aromatic rings. The molecule has 13 heavy (non-hydrogen) atoms. The van der Waals surface area contributed by atoms with Gasteiger partial charge < -0.3 is 0 Å². The van der Waals surface area contributed by atoms with E-state index in [1.807, 2.05) is 36.4 Å². The van der Waals surface area contributed by atoms with Gasteiger partial charge in [-0.3, -0.25) is 5.43 Å². The molecule has 1 aliphatic rings. The van der Waals surface area contributed by atoms with Crippen LogP contribution in [0, 0.1) is 0 Å². The van der Waals surface area contributed by atoms with E-state index in [2.05, 4.69) is 10.5 Å². The monoisotopic (exact) mass is 174 g/mol. The normalized spacial score (nSPS) is 17.9. The standard InChI is InChI=1S/C9H10N4/c10-13-7-11-12-9(13)6-8-4-2-1-3-5-8/h1-7,12H,10H2. The van der Waals surface area contributed by atoms with Gasteiger partial charge >= 0.3 is 0 Å². The molecule has 0 unspecified atom stereocenters. The lowest BCUT2D eigenvalue weighted by atomic mass is 10.2. The summed E-state index contributed by atoms with van der Waals surface area (Å²) in [5.74, 6) is 6.35. The molecule has 4 heteroatoms. The molecular weight excluding hydrogens is 164 g/mol. The molecule has 0 aliphatic carbocycles. The van der Waals surface area contributed by atoms with Crippen LogP contribution in [0.5, 0.6) is 0 Å². The van der Waals surface area contributed by atoms with Crippen LogP contribution in [0.3, 0.4) is 0 Å². The van der Waals surface area contributed by atoms with Crippen LogP contribution >= 0.6 is 0 Å².